The minimum absolute atomic E-state index is 0. The van der Waals surface area contributed by atoms with E-state index in [1.54, 1.807) is 7.11 Å². The maximum atomic E-state index is 12.2. The molecule has 6 heteroatoms. The van der Waals surface area contributed by atoms with Crippen LogP contribution in [-0.2, 0) is 11.3 Å². The van der Waals surface area contributed by atoms with Crippen molar-refractivity contribution in [2.75, 3.05) is 20.2 Å². The molecule has 5 nitrogen and oxygen atoms in total. The van der Waals surface area contributed by atoms with E-state index in [0.29, 0.717) is 25.0 Å². The summed E-state index contributed by atoms with van der Waals surface area (Å²) in [5.74, 6) is 2.38. The van der Waals surface area contributed by atoms with Crippen molar-refractivity contribution in [2.45, 2.75) is 64.0 Å². The molecule has 1 saturated heterocycles. The van der Waals surface area contributed by atoms with E-state index in [2.05, 4.69) is 10.6 Å². The Morgan fingerprint density at radius 1 is 1.15 bits per heavy atom. The zero-order valence-corrected chi connectivity index (χ0v) is 17.1. The molecule has 0 radical (unpaired) electrons. The lowest BCUT2D eigenvalue weighted by Crippen LogP contribution is -2.29. The smallest absolute Gasteiger partial charge is 0.220 e. The lowest BCUT2D eigenvalue weighted by atomic mass is 9.93. The molecule has 1 saturated carbocycles. The Labute approximate surface area is 169 Å². The van der Waals surface area contributed by atoms with Crippen LogP contribution in [-0.4, -0.2) is 32.2 Å². The average molecular weight is 397 g/mol. The Bertz CT molecular complexity index is 585. The van der Waals surface area contributed by atoms with E-state index in [1.165, 1.54) is 25.7 Å². The number of halogens is 1. The van der Waals surface area contributed by atoms with E-state index in [1.807, 2.05) is 18.2 Å². The lowest BCUT2D eigenvalue weighted by Gasteiger charge is -2.22. The molecule has 27 heavy (non-hydrogen) atoms. The Morgan fingerprint density at radius 2 is 1.89 bits per heavy atom. The lowest BCUT2D eigenvalue weighted by molar-refractivity contribution is -0.121. The molecule has 0 aromatic heterocycles. The fourth-order valence-corrected chi connectivity index (χ4v) is 3.90. The molecule has 0 unspecified atom stereocenters. The van der Waals surface area contributed by atoms with Crippen molar-refractivity contribution in [3.63, 3.8) is 0 Å². The Kier molecular flexibility index (Phi) is 9.22. The molecule has 1 aromatic rings. The molecule has 2 aliphatic rings. The summed E-state index contributed by atoms with van der Waals surface area (Å²) in [4.78, 5) is 12.2. The first kappa shape index (κ1) is 21.8. The summed E-state index contributed by atoms with van der Waals surface area (Å²) in [6, 6.07) is 5.93. The number of methoxy groups -OCH3 is 1. The van der Waals surface area contributed by atoms with Gasteiger partial charge in [-0.3, -0.25) is 4.79 Å². The number of benzene rings is 1. The van der Waals surface area contributed by atoms with Crippen molar-refractivity contribution < 1.29 is 14.3 Å². The van der Waals surface area contributed by atoms with Crippen LogP contribution in [0.3, 0.4) is 0 Å². The van der Waals surface area contributed by atoms with Crippen LogP contribution in [0.4, 0.5) is 0 Å². The quantitative estimate of drug-likeness (QED) is 0.701. The van der Waals surface area contributed by atoms with Crippen LogP contribution in [0.5, 0.6) is 11.5 Å². The van der Waals surface area contributed by atoms with Crippen LogP contribution in [0.1, 0.15) is 56.9 Å². The third-order valence-electron chi connectivity index (χ3n) is 5.55. The summed E-state index contributed by atoms with van der Waals surface area (Å²) >= 11 is 0. The van der Waals surface area contributed by atoms with Gasteiger partial charge in [0, 0.05) is 13.0 Å². The second-order valence-electron chi connectivity index (χ2n) is 7.52. The van der Waals surface area contributed by atoms with Crippen molar-refractivity contribution in [3.05, 3.63) is 23.8 Å². The summed E-state index contributed by atoms with van der Waals surface area (Å²) < 4.78 is 11.6. The molecule has 152 valence electrons. The molecule has 1 amide bonds. The molecular weight excluding hydrogens is 364 g/mol. The van der Waals surface area contributed by atoms with Gasteiger partial charge < -0.3 is 20.1 Å². The van der Waals surface area contributed by atoms with E-state index in [0.717, 1.165) is 49.4 Å². The van der Waals surface area contributed by atoms with Gasteiger partial charge in [0.1, 0.15) is 0 Å². The van der Waals surface area contributed by atoms with Gasteiger partial charge in [-0.1, -0.05) is 6.07 Å². The minimum Gasteiger partial charge on any atom is -0.493 e. The summed E-state index contributed by atoms with van der Waals surface area (Å²) in [5, 5.41) is 6.41. The van der Waals surface area contributed by atoms with Gasteiger partial charge in [-0.15, -0.1) is 12.4 Å². The molecule has 3 rings (SSSR count). The minimum atomic E-state index is 0. The Morgan fingerprint density at radius 3 is 2.59 bits per heavy atom. The van der Waals surface area contributed by atoms with Gasteiger partial charge in [0.25, 0.3) is 0 Å². The highest BCUT2D eigenvalue weighted by Gasteiger charge is 2.19. The number of carbonyl (C=O) groups is 1. The van der Waals surface area contributed by atoms with Gasteiger partial charge in [0.2, 0.25) is 5.91 Å². The first-order valence-electron chi connectivity index (χ1n) is 10.1. The van der Waals surface area contributed by atoms with Crippen LogP contribution in [0.25, 0.3) is 0 Å². The molecule has 2 N–H and O–H groups in total. The summed E-state index contributed by atoms with van der Waals surface area (Å²) in [7, 11) is 1.67. The second kappa shape index (κ2) is 11.4. The van der Waals surface area contributed by atoms with E-state index >= 15 is 0 Å². The Hall–Kier alpha value is -1.46. The van der Waals surface area contributed by atoms with Crippen LogP contribution < -0.4 is 20.1 Å². The van der Waals surface area contributed by atoms with Crippen molar-refractivity contribution in [2.24, 2.45) is 5.92 Å². The van der Waals surface area contributed by atoms with Gasteiger partial charge in [0.05, 0.1) is 13.2 Å². The third-order valence-corrected chi connectivity index (χ3v) is 5.55. The Balaban J connectivity index is 0.00000261. The first-order chi connectivity index (χ1) is 12.7. The predicted molar refractivity (Wildman–Crippen MR) is 110 cm³/mol. The fraction of sp³-hybridized carbons (Fsp3) is 0.667. The highest BCUT2D eigenvalue weighted by Crippen LogP contribution is 2.32. The largest absolute Gasteiger partial charge is 0.493 e. The topological polar surface area (TPSA) is 59.6 Å². The molecule has 0 bridgehead atoms. The summed E-state index contributed by atoms with van der Waals surface area (Å²) in [5.41, 5.74) is 1.05. The van der Waals surface area contributed by atoms with Crippen molar-refractivity contribution in [1.29, 1.82) is 0 Å². The molecule has 1 aliphatic heterocycles. The normalized spacial score (nSPS) is 18.0. The molecule has 1 aliphatic carbocycles. The first-order valence-corrected chi connectivity index (χ1v) is 10.1. The maximum Gasteiger partial charge on any atom is 0.220 e. The van der Waals surface area contributed by atoms with Gasteiger partial charge in [-0.05, 0) is 81.6 Å². The highest BCUT2D eigenvalue weighted by molar-refractivity contribution is 5.85. The summed E-state index contributed by atoms with van der Waals surface area (Å²) in [6.07, 6.45) is 8.97. The zero-order chi connectivity index (χ0) is 18.2. The van der Waals surface area contributed by atoms with E-state index in [-0.39, 0.29) is 18.3 Å². The monoisotopic (exact) mass is 396 g/mol. The predicted octanol–water partition coefficient (Wildman–Crippen LogP) is 3.83. The number of carbonyl (C=O) groups excluding carboxylic acids is 1. The second-order valence-corrected chi connectivity index (χ2v) is 7.52. The standard InChI is InChI=1S/C21H32N2O3.ClH/c1-25-19-8-6-17(14-20(19)26-18-4-2-3-5-18)15-23-21(24)9-7-16-10-12-22-13-11-16;/h6,8,14,16,18,22H,2-5,7,9-13,15H2,1H3,(H,23,24);1H. The van der Waals surface area contributed by atoms with Crippen molar-refractivity contribution >= 4 is 18.3 Å². The van der Waals surface area contributed by atoms with Crippen LogP contribution in [0.15, 0.2) is 18.2 Å². The number of hydrogen-bond acceptors (Lipinski definition) is 4. The number of amides is 1. The molecule has 0 atom stereocenters. The van der Waals surface area contributed by atoms with Crippen LogP contribution in [0.2, 0.25) is 0 Å². The van der Waals surface area contributed by atoms with Gasteiger partial charge >= 0.3 is 0 Å². The number of hydrogen-bond donors (Lipinski definition) is 2. The van der Waals surface area contributed by atoms with E-state index in [9.17, 15) is 4.79 Å². The van der Waals surface area contributed by atoms with Crippen molar-refractivity contribution in [3.8, 4) is 11.5 Å². The number of ether oxygens (including phenoxy) is 2. The number of rotatable bonds is 8. The fourth-order valence-electron chi connectivity index (χ4n) is 3.90. The van der Waals surface area contributed by atoms with Gasteiger partial charge in [-0.2, -0.15) is 0 Å². The number of nitrogens with one attached hydrogen (secondary N) is 2. The van der Waals surface area contributed by atoms with Gasteiger partial charge in [0.15, 0.2) is 11.5 Å². The van der Waals surface area contributed by atoms with Crippen molar-refractivity contribution in [1.82, 2.24) is 10.6 Å². The molecular formula is C21H33ClN2O3. The summed E-state index contributed by atoms with van der Waals surface area (Å²) in [6.45, 7) is 2.71. The highest BCUT2D eigenvalue weighted by atomic mass is 35.5. The van der Waals surface area contributed by atoms with E-state index < -0.39 is 0 Å². The average Bonchev–Trinajstić information content (AvgIpc) is 3.19. The number of piperidine rings is 1. The van der Waals surface area contributed by atoms with Crippen LogP contribution in [0, 0.1) is 5.92 Å². The SMILES string of the molecule is COc1ccc(CNC(=O)CCC2CCNCC2)cc1OC1CCCC1.Cl. The maximum absolute atomic E-state index is 12.2. The third kappa shape index (κ3) is 6.89. The van der Waals surface area contributed by atoms with Gasteiger partial charge in [-0.25, -0.2) is 0 Å². The molecule has 2 fully saturated rings. The van der Waals surface area contributed by atoms with Crippen LogP contribution >= 0.6 is 12.4 Å². The zero-order valence-electron chi connectivity index (χ0n) is 16.3. The molecule has 1 aromatic carbocycles. The molecule has 1 heterocycles. The van der Waals surface area contributed by atoms with E-state index in [4.69, 9.17) is 9.47 Å². The molecule has 0 spiro atoms.